The van der Waals surface area contributed by atoms with Gasteiger partial charge in [-0.15, -0.1) is 0 Å². The van der Waals surface area contributed by atoms with Gasteiger partial charge in [0.15, 0.2) is 0 Å². The lowest BCUT2D eigenvalue weighted by Gasteiger charge is -2.04. The quantitative estimate of drug-likeness (QED) is 0.402. The number of aromatic nitrogens is 1. The summed E-state index contributed by atoms with van der Waals surface area (Å²) in [4.78, 5) is 3.06. The number of hydrogen-bond acceptors (Lipinski definition) is 2. The maximum Gasteiger partial charge on any atom is 0.0956 e. The Kier molecular flexibility index (Phi) is 1.67. The zero-order valence-electron chi connectivity index (χ0n) is 6.29. The lowest BCUT2D eigenvalue weighted by Crippen LogP contribution is -2.17. The Morgan fingerprint density at radius 1 is 1.33 bits per heavy atom. The minimum atomic E-state index is 0.785. The predicted molar refractivity (Wildman–Crippen MR) is 50.8 cm³/mol. The van der Waals surface area contributed by atoms with Crippen molar-refractivity contribution in [1.82, 2.24) is 4.98 Å². The molecule has 0 amide bonds. The standard InChI is InChI=1S/C8H8ClN3/c9-12(10)8-5-11-7-4-2-1-3-6(7)8/h1-5,11H,10H2. The van der Waals surface area contributed by atoms with Crippen LogP contribution in [0, 0.1) is 0 Å². The Morgan fingerprint density at radius 3 is 2.83 bits per heavy atom. The van der Waals surface area contributed by atoms with Crippen LogP contribution < -0.4 is 10.4 Å². The number of nitrogens with zero attached hydrogens (tertiary/aromatic N) is 1. The predicted octanol–water partition coefficient (Wildman–Crippen LogP) is 2.00. The van der Waals surface area contributed by atoms with Gasteiger partial charge >= 0.3 is 0 Å². The number of fused-ring (bicyclic) bond motifs is 1. The van der Waals surface area contributed by atoms with Crippen molar-refractivity contribution in [2.24, 2.45) is 5.84 Å². The molecular weight excluding hydrogens is 174 g/mol. The number of hydrogen-bond donors (Lipinski definition) is 2. The highest BCUT2D eigenvalue weighted by Crippen LogP contribution is 2.25. The van der Waals surface area contributed by atoms with E-state index >= 15 is 0 Å². The van der Waals surface area contributed by atoms with Gasteiger partial charge in [0.1, 0.15) is 0 Å². The SMILES string of the molecule is NN(Cl)c1c[nH]c2ccccc12. The summed E-state index contributed by atoms with van der Waals surface area (Å²) >= 11 is 5.61. The monoisotopic (exact) mass is 181 g/mol. The molecule has 0 saturated carbocycles. The topological polar surface area (TPSA) is 45.0 Å². The second-order valence-electron chi connectivity index (χ2n) is 2.53. The number of H-pyrrole nitrogens is 1. The van der Waals surface area contributed by atoms with Crippen LogP contribution in [0.4, 0.5) is 5.69 Å². The third-order valence-corrected chi connectivity index (χ3v) is 1.98. The Morgan fingerprint density at radius 2 is 2.08 bits per heavy atom. The van der Waals surface area contributed by atoms with E-state index < -0.39 is 0 Å². The van der Waals surface area contributed by atoms with Crippen LogP contribution in [-0.2, 0) is 0 Å². The van der Waals surface area contributed by atoms with E-state index in [-0.39, 0.29) is 0 Å². The zero-order valence-corrected chi connectivity index (χ0v) is 7.05. The third-order valence-electron chi connectivity index (χ3n) is 1.80. The van der Waals surface area contributed by atoms with Gasteiger partial charge in [0, 0.05) is 28.9 Å². The van der Waals surface area contributed by atoms with Crippen molar-refractivity contribution < 1.29 is 0 Å². The van der Waals surface area contributed by atoms with Crippen LogP contribution in [0.2, 0.25) is 0 Å². The molecule has 2 aromatic rings. The van der Waals surface area contributed by atoms with Gasteiger partial charge in [-0.25, -0.2) is 10.4 Å². The average molecular weight is 182 g/mol. The molecule has 1 aromatic heterocycles. The highest BCUT2D eigenvalue weighted by atomic mass is 35.5. The number of aromatic amines is 1. The van der Waals surface area contributed by atoms with Crippen molar-refractivity contribution in [2.45, 2.75) is 0 Å². The minimum Gasteiger partial charge on any atom is -0.359 e. The van der Waals surface area contributed by atoms with Crippen molar-refractivity contribution in [2.75, 3.05) is 4.53 Å². The first-order chi connectivity index (χ1) is 5.79. The van der Waals surface area contributed by atoms with Crippen LogP contribution in [0.3, 0.4) is 0 Å². The van der Waals surface area contributed by atoms with Crippen LogP contribution >= 0.6 is 11.8 Å². The number of hydrazine groups is 1. The van der Waals surface area contributed by atoms with Gasteiger partial charge in [-0.1, -0.05) is 18.2 Å². The van der Waals surface area contributed by atoms with Gasteiger partial charge in [-0.2, -0.15) is 0 Å². The first-order valence-electron chi connectivity index (χ1n) is 3.56. The van der Waals surface area contributed by atoms with Gasteiger partial charge in [-0.05, 0) is 6.07 Å². The molecule has 62 valence electrons. The zero-order chi connectivity index (χ0) is 8.55. The first-order valence-corrected chi connectivity index (χ1v) is 3.89. The van der Waals surface area contributed by atoms with Crippen molar-refractivity contribution in [3.05, 3.63) is 30.5 Å². The number of nitrogens with two attached hydrogens (primary N) is 1. The Labute approximate surface area is 74.8 Å². The summed E-state index contributed by atoms with van der Waals surface area (Å²) in [6.07, 6.45) is 1.78. The van der Waals surface area contributed by atoms with E-state index in [1.165, 1.54) is 0 Å². The van der Waals surface area contributed by atoms with Crippen molar-refractivity contribution >= 4 is 28.4 Å². The Bertz CT molecular complexity index is 394. The van der Waals surface area contributed by atoms with E-state index in [4.69, 9.17) is 17.6 Å². The minimum absolute atomic E-state index is 0.785. The highest BCUT2D eigenvalue weighted by Gasteiger charge is 2.04. The van der Waals surface area contributed by atoms with Gasteiger partial charge in [0.05, 0.1) is 5.69 Å². The molecule has 0 atom stereocenters. The number of rotatable bonds is 1. The Hall–Kier alpha value is -1.19. The summed E-state index contributed by atoms with van der Waals surface area (Å²) in [7, 11) is 0. The lowest BCUT2D eigenvalue weighted by molar-refractivity contribution is 1.20. The smallest absolute Gasteiger partial charge is 0.0956 e. The molecule has 0 radical (unpaired) electrons. The fourth-order valence-corrected chi connectivity index (χ4v) is 1.37. The fourth-order valence-electron chi connectivity index (χ4n) is 1.23. The Balaban J connectivity index is 2.70. The molecule has 0 fully saturated rings. The average Bonchev–Trinajstić information content (AvgIpc) is 2.47. The summed E-state index contributed by atoms with van der Waals surface area (Å²) < 4.78 is 1.08. The molecule has 0 aliphatic carbocycles. The van der Waals surface area contributed by atoms with Crippen molar-refractivity contribution in [3.63, 3.8) is 0 Å². The summed E-state index contributed by atoms with van der Waals surface area (Å²) in [6.45, 7) is 0. The fraction of sp³-hybridized carbons (Fsp3) is 0. The van der Waals surface area contributed by atoms with Crippen LogP contribution in [0.5, 0.6) is 0 Å². The molecule has 0 aliphatic heterocycles. The lowest BCUT2D eigenvalue weighted by atomic mass is 10.2. The molecule has 1 heterocycles. The van der Waals surface area contributed by atoms with E-state index in [2.05, 4.69) is 4.98 Å². The van der Waals surface area contributed by atoms with Gasteiger partial charge in [0.25, 0.3) is 0 Å². The van der Waals surface area contributed by atoms with Gasteiger partial charge in [0.2, 0.25) is 0 Å². The molecule has 1 aromatic carbocycles. The second-order valence-corrected chi connectivity index (χ2v) is 2.89. The summed E-state index contributed by atoms with van der Waals surface area (Å²) in [5.74, 6) is 5.40. The van der Waals surface area contributed by atoms with E-state index in [1.54, 1.807) is 6.20 Å². The van der Waals surface area contributed by atoms with Crippen LogP contribution in [-0.4, -0.2) is 4.98 Å². The van der Waals surface area contributed by atoms with Crippen LogP contribution in [0.1, 0.15) is 0 Å². The highest BCUT2D eigenvalue weighted by molar-refractivity contribution is 6.26. The summed E-state index contributed by atoms with van der Waals surface area (Å²) in [5.41, 5.74) is 1.82. The number of para-hydroxylation sites is 1. The van der Waals surface area contributed by atoms with Crippen molar-refractivity contribution in [1.29, 1.82) is 0 Å². The molecule has 3 nitrogen and oxygen atoms in total. The second kappa shape index (κ2) is 2.69. The molecule has 3 N–H and O–H groups in total. The molecule has 12 heavy (non-hydrogen) atoms. The first kappa shape index (κ1) is 7.46. The van der Waals surface area contributed by atoms with Gasteiger partial charge < -0.3 is 4.98 Å². The number of anilines is 1. The summed E-state index contributed by atoms with van der Waals surface area (Å²) in [6, 6.07) is 7.83. The van der Waals surface area contributed by atoms with E-state index in [9.17, 15) is 0 Å². The largest absolute Gasteiger partial charge is 0.359 e. The molecule has 0 aliphatic rings. The molecular formula is C8H8ClN3. The molecule has 0 saturated heterocycles. The van der Waals surface area contributed by atoms with E-state index in [1.807, 2.05) is 24.3 Å². The molecule has 0 bridgehead atoms. The molecule has 2 rings (SSSR count). The van der Waals surface area contributed by atoms with E-state index in [0.29, 0.717) is 0 Å². The van der Waals surface area contributed by atoms with Crippen LogP contribution in [0.25, 0.3) is 10.9 Å². The normalized spacial score (nSPS) is 10.5. The number of benzene rings is 1. The molecule has 0 unspecified atom stereocenters. The maximum absolute atomic E-state index is 5.61. The van der Waals surface area contributed by atoms with Crippen molar-refractivity contribution in [3.8, 4) is 0 Å². The van der Waals surface area contributed by atoms with Gasteiger partial charge in [-0.3, -0.25) is 0 Å². The third kappa shape index (κ3) is 1.03. The van der Waals surface area contributed by atoms with Crippen LogP contribution in [0.15, 0.2) is 30.5 Å². The molecule has 0 spiro atoms. The maximum atomic E-state index is 5.61. The van der Waals surface area contributed by atoms with E-state index in [0.717, 1.165) is 21.1 Å². The molecule has 4 heteroatoms. The number of halogens is 1. The number of nitrogens with one attached hydrogen (secondary N) is 1. The summed E-state index contributed by atoms with van der Waals surface area (Å²) in [5, 5.41) is 1.02.